The van der Waals surface area contributed by atoms with Gasteiger partial charge in [0.1, 0.15) is 12.0 Å². The molecule has 0 aromatic carbocycles. The van der Waals surface area contributed by atoms with Gasteiger partial charge in [0, 0.05) is 0 Å². The number of thioether (sulfide) groups is 1. The van der Waals surface area contributed by atoms with Crippen LogP contribution in [0.3, 0.4) is 0 Å². The predicted octanol–water partition coefficient (Wildman–Crippen LogP) is 2.94. The van der Waals surface area contributed by atoms with Crippen LogP contribution in [0.4, 0.5) is 0 Å². The quantitative estimate of drug-likeness (QED) is 0.147. The van der Waals surface area contributed by atoms with Gasteiger partial charge in [-0.25, -0.2) is 4.79 Å². The first kappa shape index (κ1) is 24.9. The number of hydrogen-bond donors (Lipinski definition) is 0. The summed E-state index contributed by atoms with van der Waals surface area (Å²) in [6, 6.07) is 0. The van der Waals surface area contributed by atoms with Crippen LogP contribution in [0.1, 0.15) is 27.7 Å². The van der Waals surface area contributed by atoms with Crippen LogP contribution < -0.4 is 0 Å². The minimum absolute atomic E-state index is 0.0767. The maximum atomic E-state index is 12.7. The summed E-state index contributed by atoms with van der Waals surface area (Å²) in [4.78, 5) is 49.5. The summed E-state index contributed by atoms with van der Waals surface area (Å²) in [5, 5.41) is -1.34. The summed E-state index contributed by atoms with van der Waals surface area (Å²) >= 11 is 6.34. The Balaban J connectivity index is 3.04. The van der Waals surface area contributed by atoms with Crippen LogP contribution in [0.25, 0.3) is 0 Å². The molecular formula is C18H28ClNO6SSi. The van der Waals surface area contributed by atoms with E-state index in [0.29, 0.717) is 0 Å². The molecule has 158 valence electrons. The van der Waals surface area contributed by atoms with E-state index in [2.05, 4.69) is 27.4 Å². The van der Waals surface area contributed by atoms with E-state index >= 15 is 0 Å². The van der Waals surface area contributed by atoms with Gasteiger partial charge in [-0.05, 0) is 25.1 Å². The number of ether oxygens (including phenoxy) is 1. The molecular weight excluding hydrogens is 422 g/mol. The molecule has 1 aliphatic rings. The molecule has 1 aliphatic heterocycles. The normalized spacial score (nSPS) is 21.0. The fourth-order valence-electron chi connectivity index (χ4n) is 2.44. The van der Waals surface area contributed by atoms with Gasteiger partial charge in [-0.2, -0.15) is 0 Å². The van der Waals surface area contributed by atoms with Gasteiger partial charge in [-0.3, -0.25) is 19.3 Å². The predicted molar refractivity (Wildman–Crippen MR) is 111 cm³/mol. The average molecular weight is 450 g/mol. The fraction of sp³-hybridized carbons (Fsp3) is 0.667. The van der Waals surface area contributed by atoms with Crippen molar-refractivity contribution >= 4 is 54.6 Å². The van der Waals surface area contributed by atoms with Gasteiger partial charge in [0.2, 0.25) is 11.0 Å². The SMILES string of the molecule is C=CCOC(=O)C(=O)N1C(=O)[C@H]([C@@H](C)O[Si](C)(C)C(C)(C)C)[C@H]1SC(=O)CCl. The number of halogens is 1. The zero-order chi connectivity index (χ0) is 21.9. The second-order valence-electron chi connectivity index (χ2n) is 8.02. The number of β-lactam (4-membered cyclic amide) rings is 1. The number of carbonyl (C=O) groups is 4. The van der Waals surface area contributed by atoms with Crippen LogP contribution >= 0.6 is 23.4 Å². The first-order chi connectivity index (χ1) is 12.8. The highest BCUT2D eigenvalue weighted by atomic mass is 35.5. The van der Waals surface area contributed by atoms with Crippen LogP contribution in [0.15, 0.2) is 12.7 Å². The second-order valence-corrected chi connectivity index (χ2v) is 14.2. The Hall–Kier alpha value is -1.16. The van der Waals surface area contributed by atoms with Gasteiger partial charge >= 0.3 is 11.9 Å². The molecule has 3 atom stereocenters. The van der Waals surface area contributed by atoms with Crippen molar-refractivity contribution in [3.63, 3.8) is 0 Å². The molecule has 28 heavy (non-hydrogen) atoms. The Kier molecular flexibility index (Phi) is 8.49. The van der Waals surface area contributed by atoms with Crippen LogP contribution in [-0.4, -0.2) is 60.1 Å². The fourth-order valence-corrected chi connectivity index (χ4v) is 5.18. The standard InChI is InChI=1S/C18H28ClNO6SSi/c1-8-9-25-17(24)15(23)20-14(22)13(16(20)27-12(21)10-19)11(2)26-28(6,7)18(3,4)5/h8,11,13,16H,1,9-10H2,2-7H3/t11-,13+,16-/m1/s1. The number of hydrogen-bond acceptors (Lipinski definition) is 7. The van der Waals surface area contributed by atoms with Crippen LogP contribution in [0.5, 0.6) is 0 Å². The van der Waals surface area contributed by atoms with Crippen LogP contribution in [0, 0.1) is 5.92 Å². The van der Waals surface area contributed by atoms with Gasteiger partial charge in [-0.1, -0.05) is 45.2 Å². The third kappa shape index (κ3) is 5.46. The van der Waals surface area contributed by atoms with Crippen molar-refractivity contribution in [2.24, 2.45) is 5.92 Å². The highest BCUT2D eigenvalue weighted by molar-refractivity contribution is 8.14. The Bertz CT molecular complexity index is 663. The summed E-state index contributed by atoms with van der Waals surface area (Å²) < 4.78 is 11.0. The monoisotopic (exact) mass is 449 g/mol. The largest absolute Gasteiger partial charge is 0.454 e. The average Bonchev–Trinajstić information content (AvgIpc) is 2.57. The number of amides is 2. The Labute approximate surface area is 176 Å². The third-order valence-electron chi connectivity index (χ3n) is 4.96. The lowest BCUT2D eigenvalue weighted by molar-refractivity contribution is -0.174. The molecule has 0 spiro atoms. The van der Waals surface area contributed by atoms with E-state index in [1.807, 2.05) is 13.1 Å². The Morgan fingerprint density at radius 1 is 1.36 bits per heavy atom. The molecule has 0 saturated carbocycles. The number of likely N-dealkylation sites (tertiary alicyclic amines) is 1. The lowest BCUT2D eigenvalue weighted by Crippen LogP contribution is -2.67. The molecule has 0 bridgehead atoms. The Morgan fingerprint density at radius 2 is 1.93 bits per heavy atom. The Morgan fingerprint density at radius 3 is 2.39 bits per heavy atom. The van der Waals surface area contributed by atoms with Gasteiger partial charge < -0.3 is 9.16 Å². The molecule has 0 aromatic heterocycles. The van der Waals surface area contributed by atoms with Gasteiger partial charge in [0.15, 0.2) is 8.32 Å². The van der Waals surface area contributed by atoms with Gasteiger partial charge in [0.25, 0.3) is 0 Å². The van der Waals surface area contributed by atoms with Gasteiger partial charge in [-0.15, -0.1) is 11.6 Å². The first-order valence-electron chi connectivity index (χ1n) is 8.86. The van der Waals surface area contributed by atoms with Crippen molar-refractivity contribution < 1.29 is 28.3 Å². The minimum atomic E-state index is -2.19. The molecule has 0 N–H and O–H groups in total. The molecule has 1 saturated heterocycles. The molecule has 0 unspecified atom stereocenters. The topological polar surface area (TPSA) is 90.0 Å². The number of rotatable bonds is 7. The molecule has 7 nitrogen and oxygen atoms in total. The van der Waals surface area contributed by atoms with Gasteiger partial charge in [0.05, 0.1) is 17.9 Å². The van der Waals surface area contributed by atoms with Crippen LogP contribution in [0.2, 0.25) is 18.1 Å². The van der Waals surface area contributed by atoms with E-state index in [1.165, 1.54) is 6.08 Å². The van der Waals surface area contributed by atoms with E-state index in [4.69, 9.17) is 20.8 Å². The number of esters is 1. The molecule has 0 aliphatic carbocycles. The molecule has 0 aromatic rings. The summed E-state index contributed by atoms with van der Waals surface area (Å²) in [6.07, 6.45) is 0.784. The summed E-state index contributed by atoms with van der Waals surface area (Å²) in [7, 11) is -2.19. The molecule has 1 heterocycles. The second kappa shape index (κ2) is 9.56. The van der Waals surface area contributed by atoms with E-state index in [1.54, 1.807) is 6.92 Å². The smallest absolute Gasteiger partial charge is 0.397 e. The van der Waals surface area contributed by atoms with E-state index < -0.39 is 48.6 Å². The van der Waals surface area contributed by atoms with Crippen LogP contribution in [-0.2, 0) is 28.3 Å². The molecule has 0 radical (unpaired) electrons. The molecule has 2 amide bonds. The lowest BCUT2D eigenvalue weighted by Gasteiger charge is -2.49. The zero-order valence-corrected chi connectivity index (χ0v) is 19.7. The van der Waals surface area contributed by atoms with Crippen molar-refractivity contribution in [1.82, 2.24) is 4.90 Å². The van der Waals surface area contributed by atoms with Crippen molar-refractivity contribution in [1.29, 1.82) is 0 Å². The summed E-state index contributed by atoms with van der Waals surface area (Å²) in [6.45, 7) is 15.3. The van der Waals surface area contributed by atoms with E-state index in [-0.39, 0.29) is 17.5 Å². The van der Waals surface area contributed by atoms with Crippen molar-refractivity contribution in [3.8, 4) is 0 Å². The molecule has 10 heteroatoms. The summed E-state index contributed by atoms with van der Waals surface area (Å²) in [5.41, 5.74) is 0. The number of alkyl halides is 1. The third-order valence-corrected chi connectivity index (χ3v) is 11.1. The number of nitrogens with zero attached hydrogens (tertiary/aromatic N) is 1. The van der Waals surface area contributed by atoms with Crippen molar-refractivity contribution in [3.05, 3.63) is 12.7 Å². The molecule has 1 rings (SSSR count). The first-order valence-corrected chi connectivity index (χ1v) is 13.2. The van der Waals surface area contributed by atoms with Crippen molar-refractivity contribution in [2.75, 3.05) is 12.5 Å². The zero-order valence-electron chi connectivity index (χ0n) is 17.1. The molecule has 1 fully saturated rings. The summed E-state index contributed by atoms with van der Waals surface area (Å²) in [5.74, 6) is -3.85. The number of imide groups is 1. The highest BCUT2D eigenvalue weighted by Crippen LogP contribution is 2.43. The lowest BCUT2D eigenvalue weighted by atomic mass is 9.92. The minimum Gasteiger partial charge on any atom is -0.454 e. The highest BCUT2D eigenvalue weighted by Gasteiger charge is 2.57. The van der Waals surface area contributed by atoms with Crippen molar-refractivity contribution in [2.45, 2.75) is 57.3 Å². The van der Waals surface area contributed by atoms with E-state index in [9.17, 15) is 19.2 Å². The maximum Gasteiger partial charge on any atom is 0.397 e. The number of carbonyl (C=O) groups excluding carboxylic acids is 4. The van der Waals surface area contributed by atoms with E-state index in [0.717, 1.165) is 16.7 Å². The maximum absolute atomic E-state index is 12.7.